The standard InChI is InChI=1S/C31H31F3N4O2/c1-20-17-22(40-2)14-15-23(20)24-12-8-16-35-29(24)26(18-21-9-4-3-5-10-21)36-28(39)19-38-27-13-7-6-11-25(27)30(37-38)31(32,33)34/h3-5,8-10,12,14-17,26H,6-7,11,13,18-19H2,1-2H3,(H,36,39)/t26-/m1/s1. The van der Waals surface area contributed by atoms with Gasteiger partial charge < -0.3 is 10.1 Å². The monoisotopic (exact) mass is 548 g/mol. The minimum atomic E-state index is -4.56. The van der Waals surface area contributed by atoms with Crippen LogP contribution in [0, 0.1) is 6.92 Å². The molecule has 1 aliphatic rings. The Labute approximate surface area is 231 Å². The van der Waals surface area contributed by atoms with Crippen molar-refractivity contribution in [1.29, 1.82) is 0 Å². The van der Waals surface area contributed by atoms with E-state index in [-0.39, 0.29) is 12.1 Å². The molecule has 0 saturated carbocycles. The lowest BCUT2D eigenvalue weighted by Gasteiger charge is -2.22. The summed E-state index contributed by atoms with van der Waals surface area (Å²) in [7, 11) is 1.61. The Kier molecular flexibility index (Phi) is 7.91. The quantitative estimate of drug-likeness (QED) is 0.282. The van der Waals surface area contributed by atoms with Gasteiger partial charge in [-0.15, -0.1) is 0 Å². The third kappa shape index (κ3) is 5.88. The van der Waals surface area contributed by atoms with Gasteiger partial charge in [0.25, 0.3) is 0 Å². The molecule has 2 heterocycles. The molecule has 208 valence electrons. The second-order valence-electron chi connectivity index (χ2n) is 10.1. The smallest absolute Gasteiger partial charge is 0.435 e. The van der Waals surface area contributed by atoms with Gasteiger partial charge in [-0.1, -0.05) is 42.5 Å². The number of pyridine rings is 1. The topological polar surface area (TPSA) is 69.0 Å². The Morgan fingerprint density at radius 3 is 2.55 bits per heavy atom. The van der Waals surface area contributed by atoms with Gasteiger partial charge in [0, 0.05) is 23.0 Å². The molecule has 2 aromatic carbocycles. The number of methoxy groups -OCH3 is 1. The van der Waals surface area contributed by atoms with Crippen LogP contribution in [0.3, 0.4) is 0 Å². The average Bonchev–Trinajstić information content (AvgIpc) is 3.32. The second-order valence-corrected chi connectivity index (χ2v) is 10.1. The van der Waals surface area contributed by atoms with Gasteiger partial charge in [-0.3, -0.25) is 14.5 Å². The number of carbonyl (C=O) groups excluding carboxylic acids is 1. The Morgan fingerprint density at radius 1 is 1.05 bits per heavy atom. The first-order valence-electron chi connectivity index (χ1n) is 13.3. The van der Waals surface area contributed by atoms with Crippen molar-refractivity contribution in [3.8, 4) is 16.9 Å². The van der Waals surface area contributed by atoms with E-state index in [1.54, 1.807) is 13.3 Å². The van der Waals surface area contributed by atoms with Crippen molar-refractivity contribution >= 4 is 5.91 Å². The number of fused-ring (bicyclic) bond motifs is 1. The van der Waals surface area contributed by atoms with Gasteiger partial charge in [0.05, 0.1) is 18.8 Å². The molecule has 4 aromatic rings. The van der Waals surface area contributed by atoms with Gasteiger partial charge in [-0.2, -0.15) is 18.3 Å². The van der Waals surface area contributed by atoms with Crippen LogP contribution in [0.4, 0.5) is 13.2 Å². The first kappa shape index (κ1) is 27.4. The third-order valence-electron chi connectivity index (χ3n) is 7.33. The van der Waals surface area contributed by atoms with Crippen LogP contribution in [0.5, 0.6) is 5.75 Å². The Balaban J connectivity index is 1.48. The van der Waals surface area contributed by atoms with Crippen LogP contribution in [0.2, 0.25) is 0 Å². The Morgan fingerprint density at radius 2 is 1.82 bits per heavy atom. The van der Waals surface area contributed by atoms with Crippen LogP contribution < -0.4 is 10.1 Å². The van der Waals surface area contributed by atoms with Crippen LogP contribution in [0.15, 0.2) is 66.9 Å². The highest BCUT2D eigenvalue weighted by Gasteiger charge is 2.39. The molecule has 0 radical (unpaired) electrons. The zero-order valence-electron chi connectivity index (χ0n) is 22.5. The van der Waals surface area contributed by atoms with Gasteiger partial charge in [0.15, 0.2) is 5.69 Å². The number of hydrogen-bond acceptors (Lipinski definition) is 4. The van der Waals surface area contributed by atoms with E-state index in [0.29, 0.717) is 37.1 Å². The first-order valence-corrected chi connectivity index (χ1v) is 13.3. The fraction of sp³-hybridized carbons (Fsp3) is 0.323. The molecule has 0 unspecified atom stereocenters. The molecule has 1 atom stereocenters. The van der Waals surface area contributed by atoms with Crippen LogP contribution in [-0.2, 0) is 36.8 Å². The summed E-state index contributed by atoms with van der Waals surface area (Å²) in [6, 6.07) is 18.8. The lowest BCUT2D eigenvalue weighted by atomic mass is 9.93. The van der Waals surface area contributed by atoms with E-state index in [9.17, 15) is 18.0 Å². The number of nitrogens with one attached hydrogen (secondary N) is 1. The van der Waals surface area contributed by atoms with Crippen molar-refractivity contribution in [1.82, 2.24) is 20.1 Å². The molecule has 1 amide bonds. The lowest BCUT2D eigenvalue weighted by molar-refractivity contribution is -0.142. The van der Waals surface area contributed by atoms with Crippen LogP contribution in [0.25, 0.3) is 11.1 Å². The summed E-state index contributed by atoms with van der Waals surface area (Å²) in [6.07, 6.45) is -0.176. The summed E-state index contributed by atoms with van der Waals surface area (Å²) in [4.78, 5) is 18.1. The van der Waals surface area contributed by atoms with Gasteiger partial charge in [-0.25, -0.2) is 0 Å². The Hall–Kier alpha value is -4.14. The van der Waals surface area contributed by atoms with E-state index in [1.807, 2.05) is 67.6 Å². The molecular formula is C31H31F3N4O2. The molecule has 9 heteroatoms. The summed E-state index contributed by atoms with van der Waals surface area (Å²) in [6.45, 7) is 1.69. The number of ether oxygens (including phenoxy) is 1. The summed E-state index contributed by atoms with van der Waals surface area (Å²) < 4.78 is 47.7. The molecule has 0 saturated heterocycles. The minimum Gasteiger partial charge on any atom is -0.497 e. The first-order chi connectivity index (χ1) is 19.2. The number of benzene rings is 2. The highest BCUT2D eigenvalue weighted by atomic mass is 19.4. The van der Waals surface area contributed by atoms with Crippen molar-refractivity contribution in [2.45, 2.75) is 57.8 Å². The number of carbonyl (C=O) groups is 1. The normalized spacial score (nSPS) is 13.9. The number of aryl methyl sites for hydroxylation is 1. The molecule has 5 rings (SSSR count). The number of rotatable bonds is 8. The van der Waals surface area contributed by atoms with Crippen LogP contribution in [0.1, 0.15) is 52.7 Å². The van der Waals surface area contributed by atoms with Gasteiger partial charge in [-0.05, 0) is 73.9 Å². The van der Waals surface area contributed by atoms with Gasteiger partial charge in [0.2, 0.25) is 5.91 Å². The highest BCUT2D eigenvalue weighted by molar-refractivity contribution is 5.77. The van der Waals surface area contributed by atoms with E-state index in [1.165, 1.54) is 4.68 Å². The molecule has 0 bridgehead atoms. The van der Waals surface area contributed by atoms with Crippen molar-refractivity contribution in [2.24, 2.45) is 0 Å². The van der Waals surface area contributed by atoms with Crippen molar-refractivity contribution in [3.63, 3.8) is 0 Å². The maximum Gasteiger partial charge on any atom is 0.435 e. The maximum absolute atomic E-state index is 13.7. The summed E-state index contributed by atoms with van der Waals surface area (Å²) in [5.41, 5.74) is 4.30. The molecule has 0 aliphatic heterocycles. The number of alkyl halides is 3. The number of hydrogen-bond donors (Lipinski definition) is 1. The van der Waals surface area contributed by atoms with E-state index in [4.69, 9.17) is 4.74 Å². The number of aromatic nitrogens is 3. The summed E-state index contributed by atoms with van der Waals surface area (Å²) in [5, 5.41) is 6.93. The molecule has 0 fully saturated rings. The number of amides is 1. The minimum absolute atomic E-state index is 0.217. The SMILES string of the molecule is COc1ccc(-c2cccnc2[C@@H](Cc2ccccc2)NC(=O)Cn2nc(C(F)(F)F)c3c2CCCC3)c(C)c1. The molecule has 40 heavy (non-hydrogen) atoms. The van der Waals surface area contributed by atoms with Gasteiger partial charge >= 0.3 is 6.18 Å². The number of halogens is 3. The maximum atomic E-state index is 13.7. The molecule has 1 aliphatic carbocycles. The summed E-state index contributed by atoms with van der Waals surface area (Å²) >= 11 is 0. The second kappa shape index (κ2) is 11.5. The lowest BCUT2D eigenvalue weighted by Crippen LogP contribution is -2.34. The fourth-order valence-corrected chi connectivity index (χ4v) is 5.46. The molecule has 6 nitrogen and oxygen atoms in total. The predicted octanol–water partition coefficient (Wildman–Crippen LogP) is 6.26. The van der Waals surface area contributed by atoms with E-state index in [0.717, 1.165) is 34.4 Å². The fourth-order valence-electron chi connectivity index (χ4n) is 5.46. The predicted molar refractivity (Wildman–Crippen MR) is 146 cm³/mol. The third-order valence-corrected chi connectivity index (χ3v) is 7.33. The van der Waals surface area contributed by atoms with Crippen LogP contribution in [-0.4, -0.2) is 27.8 Å². The van der Waals surface area contributed by atoms with Crippen LogP contribution >= 0.6 is 0 Å². The van der Waals surface area contributed by atoms with E-state index >= 15 is 0 Å². The molecule has 0 spiro atoms. The number of nitrogens with zero attached hydrogens (tertiary/aromatic N) is 3. The highest BCUT2D eigenvalue weighted by Crippen LogP contribution is 2.36. The molecule has 2 aromatic heterocycles. The van der Waals surface area contributed by atoms with Crippen molar-refractivity contribution < 1.29 is 22.7 Å². The van der Waals surface area contributed by atoms with E-state index < -0.39 is 23.8 Å². The van der Waals surface area contributed by atoms with E-state index in [2.05, 4.69) is 15.4 Å². The van der Waals surface area contributed by atoms with Gasteiger partial charge in [0.1, 0.15) is 12.3 Å². The summed E-state index contributed by atoms with van der Waals surface area (Å²) in [5.74, 6) is 0.315. The molecular weight excluding hydrogens is 517 g/mol. The zero-order valence-corrected chi connectivity index (χ0v) is 22.5. The Bertz CT molecular complexity index is 1500. The zero-order chi connectivity index (χ0) is 28.3. The van der Waals surface area contributed by atoms with Crippen molar-refractivity contribution in [3.05, 3.63) is 101 Å². The largest absolute Gasteiger partial charge is 0.497 e. The van der Waals surface area contributed by atoms with Crippen molar-refractivity contribution in [2.75, 3.05) is 7.11 Å². The molecule has 1 N–H and O–H groups in total. The average molecular weight is 549 g/mol.